The lowest BCUT2D eigenvalue weighted by molar-refractivity contribution is 0.00260. The molecular weight excluding hydrogens is 530 g/mol. The molecule has 10 nitrogen and oxygen atoms in total. The number of nitrogens with zero attached hydrogens (tertiary/aromatic N) is 4. The summed E-state index contributed by atoms with van der Waals surface area (Å²) in [6, 6.07) is 10.2. The van der Waals surface area contributed by atoms with E-state index in [0.29, 0.717) is 31.7 Å². The van der Waals surface area contributed by atoms with Crippen LogP contribution in [-0.2, 0) is 21.3 Å². The number of hydrogen-bond acceptors (Lipinski definition) is 6. The Bertz CT molecular complexity index is 1470. The Balaban J connectivity index is 1.13. The number of carbonyl (C=O) groups excluding carboxylic acids is 2. The van der Waals surface area contributed by atoms with Gasteiger partial charge in [0.25, 0.3) is 5.91 Å². The molecule has 0 aliphatic carbocycles. The van der Waals surface area contributed by atoms with E-state index < -0.39 is 15.6 Å². The zero-order valence-electron chi connectivity index (χ0n) is 23.3. The summed E-state index contributed by atoms with van der Waals surface area (Å²) in [7, 11) is -3.62. The van der Waals surface area contributed by atoms with Crippen molar-refractivity contribution in [2.24, 2.45) is 5.41 Å². The lowest BCUT2D eigenvalue weighted by Crippen LogP contribution is -2.50. The molecule has 2 aliphatic heterocycles. The van der Waals surface area contributed by atoms with E-state index in [-0.39, 0.29) is 28.9 Å². The van der Waals surface area contributed by atoms with Gasteiger partial charge in [-0.2, -0.15) is 4.31 Å². The Labute approximate surface area is 235 Å². The van der Waals surface area contributed by atoms with Gasteiger partial charge in [0, 0.05) is 51.3 Å². The van der Waals surface area contributed by atoms with E-state index in [9.17, 15) is 18.0 Å². The highest BCUT2D eigenvalue weighted by molar-refractivity contribution is 7.89. The van der Waals surface area contributed by atoms with Crippen LogP contribution in [0.3, 0.4) is 0 Å². The van der Waals surface area contributed by atoms with Gasteiger partial charge in [0.1, 0.15) is 11.2 Å². The van der Waals surface area contributed by atoms with Crippen LogP contribution in [-0.4, -0.2) is 70.8 Å². The molecule has 2 amide bonds. The number of amides is 2. The maximum absolute atomic E-state index is 13.4. The van der Waals surface area contributed by atoms with Crippen molar-refractivity contribution in [2.45, 2.75) is 63.5 Å². The molecule has 2 aliphatic rings. The number of carbonyl (C=O) groups is 2. The number of fused-ring (bicyclic) bond motifs is 1. The Kier molecular flexibility index (Phi) is 7.62. The topological polar surface area (TPSA) is 113 Å². The number of likely N-dealkylation sites (tertiary alicyclic amines) is 1. The smallest absolute Gasteiger partial charge is 0.410 e. The molecular formula is C29H37N5O5S. The molecule has 0 radical (unpaired) electrons. The van der Waals surface area contributed by atoms with Gasteiger partial charge in [0.15, 0.2) is 0 Å². The van der Waals surface area contributed by atoms with Crippen molar-refractivity contribution in [3.8, 4) is 0 Å². The second kappa shape index (κ2) is 10.9. The van der Waals surface area contributed by atoms with Gasteiger partial charge in [-0.05, 0) is 81.7 Å². The SMILES string of the molecule is CC(C)(C)OC(=O)N1CCC2(CC1)CCN(S(=O)(=O)c1ccc(CNC(=O)c3ccc4nccn4c3)cc1)CC2. The average Bonchev–Trinajstić information content (AvgIpc) is 3.40. The minimum absolute atomic E-state index is 0.0645. The van der Waals surface area contributed by atoms with Gasteiger partial charge in [-0.25, -0.2) is 18.2 Å². The first-order valence-electron chi connectivity index (χ1n) is 13.7. The molecule has 40 heavy (non-hydrogen) atoms. The number of piperidine rings is 2. The van der Waals surface area contributed by atoms with E-state index in [0.717, 1.165) is 36.9 Å². The van der Waals surface area contributed by atoms with Crippen molar-refractivity contribution in [2.75, 3.05) is 26.2 Å². The molecule has 0 unspecified atom stereocenters. The number of nitrogens with one attached hydrogen (secondary N) is 1. The van der Waals surface area contributed by atoms with Crippen LogP contribution in [0, 0.1) is 5.41 Å². The van der Waals surface area contributed by atoms with Crippen molar-refractivity contribution in [3.05, 3.63) is 66.1 Å². The lowest BCUT2D eigenvalue weighted by atomic mass is 9.72. The van der Waals surface area contributed by atoms with E-state index in [1.165, 1.54) is 0 Å². The fraction of sp³-hybridized carbons (Fsp3) is 0.483. The van der Waals surface area contributed by atoms with Crippen LogP contribution >= 0.6 is 0 Å². The summed E-state index contributed by atoms with van der Waals surface area (Å²) in [6.45, 7) is 8.08. The Morgan fingerprint density at radius 1 is 0.975 bits per heavy atom. The number of aromatic nitrogens is 2. The van der Waals surface area contributed by atoms with E-state index >= 15 is 0 Å². The largest absolute Gasteiger partial charge is 0.444 e. The van der Waals surface area contributed by atoms with Crippen LogP contribution in [0.2, 0.25) is 0 Å². The third kappa shape index (κ3) is 6.15. The van der Waals surface area contributed by atoms with Crippen molar-refractivity contribution in [1.29, 1.82) is 0 Å². The highest BCUT2D eigenvalue weighted by Crippen LogP contribution is 2.42. The van der Waals surface area contributed by atoms with Crippen molar-refractivity contribution >= 4 is 27.7 Å². The van der Waals surface area contributed by atoms with Gasteiger partial charge in [0.05, 0.1) is 10.5 Å². The molecule has 5 rings (SSSR count). The van der Waals surface area contributed by atoms with Gasteiger partial charge >= 0.3 is 6.09 Å². The lowest BCUT2D eigenvalue weighted by Gasteiger charge is -2.46. The summed E-state index contributed by atoms with van der Waals surface area (Å²) in [4.78, 5) is 31.2. The van der Waals surface area contributed by atoms with Crippen LogP contribution in [0.4, 0.5) is 4.79 Å². The molecule has 4 heterocycles. The highest BCUT2D eigenvalue weighted by atomic mass is 32.2. The molecule has 0 atom stereocenters. The van der Waals surface area contributed by atoms with Gasteiger partial charge < -0.3 is 19.4 Å². The number of benzene rings is 1. The molecule has 214 valence electrons. The van der Waals surface area contributed by atoms with E-state index in [1.807, 2.05) is 20.8 Å². The summed E-state index contributed by atoms with van der Waals surface area (Å²) in [5.41, 5.74) is 1.64. The number of hydrogen-bond donors (Lipinski definition) is 1. The second-order valence-electron chi connectivity index (χ2n) is 11.8. The third-order valence-corrected chi connectivity index (χ3v) is 9.84. The minimum Gasteiger partial charge on any atom is -0.444 e. The molecule has 2 fully saturated rings. The minimum atomic E-state index is -3.62. The average molecular weight is 568 g/mol. The van der Waals surface area contributed by atoms with Crippen LogP contribution in [0.1, 0.15) is 62.4 Å². The Morgan fingerprint density at radius 3 is 2.27 bits per heavy atom. The van der Waals surface area contributed by atoms with Gasteiger partial charge in [-0.1, -0.05) is 12.1 Å². The molecule has 1 spiro atoms. The summed E-state index contributed by atoms with van der Waals surface area (Å²) in [6.07, 6.45) is 8.18. The zero-order chi connectivity index (χ0) is 28.5. The normalized spacial score (nSPS) is 18.1. The Hall–Kier alpha value is -3.44. The van der Waals surface area contributed by atoms with Gasteiger partial charge in [-0.15, -0.1) is 0 Å². The second-order valence-corrected chi connectivity index (χ2v) is 13.7. The highest BCUT2D eigenvalue weighted by Gasteiger charge is 2.41. The number of ether oxygens (including phenoxy) is 1. The van der Waals surface area contributed by atoms with Crippen molar-refractivity contribution in [3.63, 3.8) is 0 Å². The molecule has 1 aromatic carbocycles. The van der Waals surface area contributed by atoms with Gasteiger partial charge in [-0.3, -0.25) is 4.79 Å². The molecule has 2 aromatic heterocycles. The number of imidazole rings is 1. The standard InChI is InChI=1S/C29H37N5O5S/c1-28(2,3)39-27(36)32-15-10-29(11-16-32)12-17-34(18-13-29)40(37,38)24-7-4-22(5-8-24)20-31-26(35)23-6-9-25-30-14-19-33(25)21-23/h4-9,14,19,21H,10-13,15-18,20H2,1-3H3,(H,31,35). The van der Waals surface area contributed by atoms with E-state index in [4.69, 9.17) is 4.74 Å². The van der Waals surface area contributed by atoms with Crippen LogP contribution in [0.15, 0.2) is 59.9 Å². The third-order valence-electron chi connectivity index (χ3n) is 7.92. The summed E-state index contributed by atoms with van der Waals surface area (Å²) < 4.78 is 35.6. The number of rotatable bonds is 5. The molecule has 1 N–H and O–H groups in total. The Morgan fingerprint density at radius 2 is 1.62 bits per heavy atom. The molecule has 2 saturated heterocycles. The van der Waals surface area contributed by atoms with Crippen molar-refractivity contribution < 1.29 is 22.7 Å². The first kappa shape index (κ1) is 28.1. The zero-order valence-corrected chi connectivity index (χ0v) is 24.1. The fourth-order valence-electron chi connectivity index (χ4n) is 5.46. The monoisotopic (exact) mass is 567 g/mol. The van der Waals surface area contributed by atoms with E-state index in [1.54, 1.807) is 68.6 Å². The van der Waals surface area contributed by atoms with Crippen LogP contribution in [0.5, 0.6) is 0 Å². The molecule has 11 heteroatoms. The first-order chi connectivity index (χ1) is 18.9. The van der Waals surface area contributed by atoms with Gasteiger partial charge in [0.2, 0.25) is 10.0 Å². The summed E-state index contributed by atoms with van der Waals surface area (Å²) >= 11 is 0. The summed E-state index contributed by atoms with van der Waals surface area (Å²) in [5, 5.41) is 2.88. The molecule has 3 aromatic rings. The molecule has 0 bridgehead atoms. The quantitative estimate of drug-likeness (QED) is 0.497. The predicted octanol–water partition coefficient (Wildman–Crippen LogP) is 4.07. The van der Waals surface area contributed by atoms with E-state index in [2.05, 4.69) is 10.3 Å². The number of sulfonamides is 1. The molecule has 0 saturated carbocycles. The maximum atomic E-state index is 13.4. The number of pyridine rings is 1. The first-order valence-corrected chi connectivity index (χ1v) is 15.2. The fourth-order valence-corrected chi connectivity index (χ4v) is 6.90. The van der Waals surface area contributed by atoms with Crippen LogP contribution < -0.4 is 5.32 Å². The van der Waals surface area contributed by atoms with Crippen LogP contribution in [0.25, 0.3) is 5.65 Å². The summed E-state index contributed by atoms with van der Waals surface area (Å²) in [5.74, 6) is -0.216. The van der Waals surface area contributed by atoms with Crippen molar-refractivity contribution in [1.82, 2.24) is 23.9 Å². The maximum Gasteiger partial charge on any atom is 0.410 e. The predicted molar refractivity (Wildman–Crippen MR) is 150 cm³/mol.